The fraction of sp³-hybridized carbons (Fsp3) is 0.519. The Morgan fingerprint density at radius 2 is 1.26 bits per heavy atom. The van der Waals surface area contributed by atoms with Gasteiger partial charge in [-0.1, -0.05) is 88.8 Å². The van der Waals surface area contributed by atoms with Crippen LogP contribution in [0.3, 0.4) is 0 Å². The Balaban J connectivity index is 2.09. The van der Waals surface area contributed by atoms with Crippen LogP contribution in [0.1, 0.15) is 81.9 Å². The Hall–Kier alpha value is -2.38. The summed E-state index contributed by atoms with van der Waals surface area (Å²) in [6.45, 7) is 4.85. The first-order chi connectivity index (χ1) is 16.3. The Morgan fingerprint density at radius 1 is 0.794 bits per heavy atom. The molecule has 0 fully saturated rings. The zero-order valence-corrected chi connectivity index (χ0v) is 21.8. The zero-order valence-electron chi connectivity index (χ0n) is 21.0. The summed E-state index contributed by atoms with van der Waals surface area (Å²) in [5.74, 6) is -0.134. The highest BCUT2D eigenvalue weighted by atomic mass is 32.2. The number of anilines is 1. The first-order valence-corrected chi connectivity index (χ1v) is 14.3. The van der Waals surface area contributed by atoms with E-state index in [0.29, 0.717) is 6.54 Å². The highest BCUT2D eigenvalue weighted by molar-refractivity contribution is 7.85. The van der Waals surface area contributed by atoms with Crippen molar-refractivity contribution in [2.24, 2.45) is 0 Å². The molecular formula is C27H41N3O3S. The van der Waals surface area contributed by atoms with Crippen molar-refractivity contribution in [3.8, 4) is 0 Å². The van der Waals surface area contributed by atoms with Crippen LogP contribution in [-0.4, -0.2) is 20.6 Å². The number of unbranched alkanes of at least 4 members (excludes halogenated alkanes) is 6. The Bertz CT molecular complexity index is 958. The molecule has 2 N–H and O–H groups in total. The van der Waals surface area contributed by atoms with Gasteiger partial charge in [0, 0.05) is 5.69 Å². The molecule has 0 atom stereocenters. The van der Waals surface area contributed by atoms with Crippen LogP contribution in [0.4, 0.5) is 5.69 Å². The van der Waals surface area contributed by atoms with Gasteiger partial charge in [-0.15, -0.1) is 4.28 Å². The zero-order chi connectivity index (χ0) is 24.8. The van der Waals surface area contributed by atoms with Crippen molar-refractivity contribution in [2.75, 3.05) is 11.2 Å². The lowest BCUT2D eigenvalue weighted by Crippen LogP contribution is -2.41. The maximum absolute atomic E-state index is 11.4. The molecule has 0 aliphatic heterocycles. The van der Waals surface area contributed by atoms with E-state index in [9.17, 15) is 8.42 Å². The number of hydrogen-bond acceptors (Lipinski definition) is 4. The second kappa shape index (κ2) is 14.8. The lowest BCUT2D eigenvalue weighted by atomic mass is 10.0. The van der Waals surface area contributed by atoms with E-state index in [1.54, 1.807) is 4.90 Å². The van der Waals surface area contributed by atoms with Crippen molar-refractivity contribution in [3.05, 3.63) is 65.2 Å². The molecule has 2 aromatic rings. The molecule has 0 heterocycles. The van der Waals surface area contributed by atoms with E-state index in [2.05, 4.69) is 60.0 Å². The molecule has 0 saturated heterocycles. The molecule has 2 aromatic carbocycles. The van der Waals surface area contributed by atoms with Crippen LogP contribution < -0.4 is 10.4 Å². The van der Waals surface area contributed by atoms with Gasteiger partial charge in [0.1, 0.15) is 0 Å². The summed E-state index contributed by atoms with van der Waals surface area (Å²) in [4.78, 5) is 1.71. The minimum absolute atomic E-state index is 0.134. The molecule has 7 heteroatoms. The SMILES string of the molecule is CCCCCCc1ccc(CN(C(=N)NOS(C)(=O)=O)c2ccc(CCCCCC)cc2)cc1. The molecule has 2 rings (SSSR count). The van der Waals surface area contributed by atoms with Crippen LogP contribution in [0.25, 0.3) is 0 Å². The second-order valence-corrected chi connectivity index (χ2v) is 10.5. The average molecular weight is 488 g/mol. The third-order valence-electron chi connectivity index (χ3n) is 5.81. The fourth-order valence-corrected chi connectivity index (χ4v) is 4.05. The average Bonchev–Trinajstić information content (AvgIpc) is 2.82. The van der Waals surface area contributed by atoms with Crippen LogP contribution in [0.15, 0.2) is 48.5 Å². The molecule has 188 valence electrons. The second-order valence-electron chi connectivity index (χ2n) is 8.93. The molecule has 6 nitrogen and oxygen atoms in total. The van der Waals surface area contributed by atoms with Crippen LogP contribution in [-0.2, 0) is 33.8 Å². The molecule has 0 aromatic heterocycles. The molecule has 0 spiro atoms. The van der Waals surface area contributed by atoms with Gasteiger partial charge in [-0.25, -0.2) is 5.48 Å². The van der Waals surface area contributed by atoms with Gasteiger partial charge in [0.2, 0.25) is 5.96 Å². The first kappa shape index (κ1) is 27.9. The molecule has 0 amide bonds. The van der Waals surface area contributed by atoms with Crippen molar-refractivity contribution >= 4 is 21.8 Å². The van der Waals surface area contributed by atoms with E-state index in [-0.39, 0.29) is 5.96 Å². The Kier molecular flexibility index (Phi) is 12.1. The van der Waals surface area contributed by atoms with E-state index in [1.165, 1.54) is 62.5 Å². The lowest BCUT2D eigenvalue weighted by Gasteiger charge is -2.25. The first-order valence-electron chi connectivity index (χ1n) is 12.5. The highest BCUT2D eigenvalue weighted by Crippen LogP contribution is 2.20. The monoisotopic (exact) mass is 487 g/mol. The Labute approximate surface area is 206 Å². The van der Waals surface area contributed by atoms with E-state index < -0.39 is 10.1 Å². The van der Waals surface area contributed by atoms with Crippen LogP contribution in [0, 0.1) is 5.41 Å². The topological polar surface area (TPSA) is 82.5 Å². The summed E-state index contributed by atoms with van der Waals surface area (Å²) in [5.41, 5.74) is 6.69. The summed E-state index contributed by atoms with van der Waals surface area (Å²) in [6.07, 6.45) is 12.9. The van der Waals surface area contributed by atoms with Crippen molar-refractivity contribution in [3.63, 3.8) is 0 Å². The van der Waals surface area contributed by atoms with Gasteiger partial charge in [0.25, 0.3) is 10.1 Å². The molecule has 0 radical (unpaired) electrons. The third-order valence-corrected chi connectivity index (χ3v) is 6.20. The van der Waals surface area contributed by atoms with Gasteiger partial charge in [-0.05, 0) is 54.5 Å². The summed E-state index contributed by atoms with van der Waals surface area (Å²) in [6, 6.07) is 16.6. The van der Waals surface area contributed by atoms with Crippen molar-refractivity contribution in [1.82, 2.24) is 5.48 Å². The summed E-state index contributed by atoms with van der Waals surface area (Å²) in [5, 5.41) is 8.42. The summed E-state index contributed by atoms with van der Waals surface area (Å²) < 4.78 is 27.5. The van der Waals surface area contributed by atoms with Crippen molar-refractivity contribution in [2.45, 2.75) is 84.6 Å². The number of benzene rings is 2. The van der Waals surface area contributed by atoms with E-state index >= 15 is 0 Å². The molecule has 34 heavy (non-hydrogen) atoms. The van der Waals surface area contributed by atoms with Gasteiger partial charge < -0.3 is 4.90 Å². The summed E-state index contributed by atoms with van der Waals surface area (Å²) >= 11 is 0. The largest absolute Gasteiger partial charge is 0.307 e. The number of hydroxylamine groups is 1. The number of nitrogens with zero attached hydrogens (tertiary/aromatic N) is 1. The van der Waals surface area contributed by atoms with E-state index in [4.69, 9.17) is 5.41 Å². The predicted octanol–water partition coefficient (Wildman–Crippen LogP) is 6.35. The maximum Gasteiger partial charge on any atom is 0.285 e. The smallest absolute Gasteiger partial charge is 0.285 e. The van der Waals surface area contributed by atoms with Gasteiger partial charge in [-0.3, -0.25) is 5.41 Å². The summed E-state index contributed by atoms with van der Waals surface area (Å²) in [7, 11) is -3.73. The minimum atomic E-state index is -3.73. The number of aryl methyl sites for hydroxylation is 2. The lowest BCUT2D eigenvalue weighted by molar-refractivity contribution is 0.267. The molecule has 0 aliphatic carbocycles. The number of rotatable bonds is 15. The highest BCUT2D eigenvalue weighted by Gasteiger charge is 2.15. The molecular weight excluding hydrogens is 446 g/mol. The number of hydrogen-bond donors (Lipinski definition) is 2. The Morgan fingerprint density at radius 3 is 1.74 bits per heavy atom. The number of guanidine groups is 1. The van der Waals surface area contributed by atoms with Gasteiger partial charge in [-0.2, -0.15) is 8.42 Å². The molecule has 0 saturated carbocycles. The predicted molar refractivity (Wildman–Crippen MR) is 142 cm³/mol. The normalized spacial score (nSPS) is 11.4. The number of nitrogens with one attached hydrogen (secondary N) is 2. The van der Waals surface area contributed by atoms with E-state index in [0.717, 1.165) is 30.3 Å². The maximum atomic E-state index is 11.4. The van der Waals surface area contributed by atoms with Gasteiger partial charge in [0.05, 0.1) is 12.8 Å². The van der Waals surface area contributed by atoms with Crippen LogP contribution in [0.2, 0.25) is 0 Å². The standard InChI is InChI=1S/C27H41N3O3S/c1-4-6-8-10-12-23-14-16-25(17-15-23)22-30(27(28)29-33-34(3,31)32)26-20-18-24(19-21-26)13-11-9-7-5-2/h14-21H,4-13,22H2,1-3H3,(H2,28,29). The van der Waals surface area contributed by atoms with E-state index in [1.807, 2.05) is 12.1 Å². The fourth-order valence-electron chi connectivity index (χ4n) is 3.82. The van der Waals surface area contributed by atoms with Gasteiger partial charge >= 0.3 is 0 Å². The van der Waals surface area contributed by atoms with Crippen LogP contribution >= 0.6 is 0 Å². The molecule has 0 bridgehead atoms. The minimum Gasteiger partial charge on any atom is -0.307 e. The van der Waals surface area contributed by atoms with Gasteiger partial charge in [0.15, 0.2) is 0 Å². The van der Waals surface area contributed by atoms with Crippen molar-refractivity contribution < 1.29 is 12.7 Å². The van der Waals surface area contributed by atoms with Crippen molar-refractivity contribution in [1.29, 1.82) is 5.41 Å². The quantitative estimate of drug-likeness (QED) is 0.132. The third kappa shape index (κ3) is 10.7. The molecule has 0 aliphatic rings. The van der Waals surface area contributed by atoms with Crippen LogP contribution in [0.5, 0.6) is 0 Å². The molecule has 0 unspecified atom stereocenters.